The van der Waals surface area contributed by atoms with Crippen LogP contribution >= 0.6 is 0 Å². The first-order valence-corrected chi connectivity index (χ1v) is 11.8. The van der Waals surface area contributed by atoms with Gasteiger partial charge < -0.3 is 19.3 Å². The van der Waals surface area contributed by atoms with E-state index < -0.39 is 6.10 Å². The Morgan fingerprint density at radius 2 is 1.84 bits per heavy atom. The zero-order chi connectivity index (χ0) is 21.8. The van der Waals surface area contributed by atoms with Crippen LogP contribution < -0.4 is 14.2 Å². The highest BCUT2D eigenvalue weighted by molar-refractivity contribution is 5.95. The largest absolute Gasteiger partial charge is 0.493 e. The molecule has 0 spiro atoms. The Labute approximate surface area is 184 Å². The third kappa shape index (κ3) is 3.36. The molecule has 5 nitrogen and oxygen atoms in total. The molecule has 0 saturated heterocycles. The minimum Gasteiger partial charge on any atom is -0.493 e. The van der Waals surface area contributed by atoms with Crippen LogP contribution in [0.15, 0.2) is 29.8 Å². The monoisotopic (exact) mass is 426 g/mol. The normalized spacial score (nSPS) is 39.1. The predicted octanol–water partition coefficient (Wildman–Crippen LogP) is 4.56. The number of ether oxygens (including phenoxy) is 3. The molecule has 1 aromatic rings. The fraction of sp³-hybridized carbons (Fsp3) is 0.654. The predicted molar refractivity (Wildman–Crippen MR) is 117 cm³/mol. The molecule has 3 fully saturated rings. The SMILES string of the molecule is COc1ccc(OC2C[C@H]3C(=CC2=O)CC[C@@H]2[C@@H]3CC[C@]3(C)[C@@H](O)CC[C@@H]23)cc1OC. The number of fused-ring (bicyclic) bond motifs is 5. The highest BCUT2D eigenvalue weighted by atomic mass is 16.5. The Bertz CT molecular complexity index is 892. The lowest BCUT2D eigenvalue weighted by Crippen LogP contribution is -2.49. The van der Waals surface area contributed by atoms with Crippen LogP contribution in [0.5, 0.6) is 17.2 Å². The second-order valence-electron chi connectivity index (χ2n) is 10.2. The number of rotatable bonds is 4. The molecule has 5 heteroatoms. The second kappa shape index (κ2) is 7.84. The van der Waals surface area contributed by atoms with Crippen molar-refractivity contribution in [3.05, 3.63) is 29.8 Å². The second-order valence-corrected chi connectivity index (χ2v) is 10.2. The standard InChI is InChI=1S/C26H34O5/c1-26-11-10-17-18(20(26)7-9-25(26)28)6-4-15-12-21(27)23(14-19(15)17)31-16-5-8-22(29-2)24(13-16)30-3/h5,8,12-13,17-20,23,25,28H,4,6-7,9-11,14H2,1-3H3/t17-,18+,19-,20-,23?,25-,26-/m0/s1. The smallest absolute Gasteiger partial charge is 0.196 e. The lowest BCUT2D eigenvalue weighted by Gasteiger charge is -2.53. The van der Waals surface area contributed by atoms with Crippen LogP contribution in [0, 0.1) is 29.1 Å². The van der Waals surface area contributed by atoms with E-state index in [2.05, 4.69) is 6.92 Å². The molecule has 1 unspecified atom stereocenters. The third-order valence-corrected chi connectivity index (χ3v) is 8.95. The van der Waals surface area contributed by atoms with Crippen molar-refractivity contribution in [3.8, 4) is 17.2 Å². The first-order chi connectivity index (χ1) is 14.9. The average molecular weight is 427 g/mol. The minimum absolute atomic E-state index is 0.0800. The van der Waals surface area contributed by atoms with E-state index >= 15 is 0 Å². The number of benzene rings is 1. The molecule has 7 atom stereocenters. The van der Waals surface area contributed by atoms with E-state index in [1.165, 1.54) is 5.57 Å². The fourth-order valence-electron chi connectivity index (χ4n) is 7.29. The molecule has 5 rings (SSSR count). The van der Waals surface area contributed by atoms with Gasteiger partial charge in [0.15, 0.2) is 23.4 Å². The third-order valence-electron chi connectivity index (χ3n) is 8.95. The molecule has 0 amide bonds. The van der Waals surface area contributed by atoms with Crippen LogP contribution in [-0.2, 0) is 4.79 Å². The van der Waals surface area contributed by atoms with Gasteiger partial charge in [-0.05, 0) is 92.2 Å². The van der Waals surface area contributed by atoms with Crippen molar-refractivity contribution in [2.24, 2.45) is 29.1 Å². The van der Waals surface area contributed by atoms with Crippen molar-refractivity contribution in [1.29, 1.82) is 0 Å². The number of hydrogen-bond donors (Lipinski definition) is 1. The van der Waals surface area contributed by atoms with Crippen molar-refractivity contribution in [2.75, 3.05) is 14.2 Å². The number of aliphatic hydroxyl groups is 1. The molecule has 1 N–H and O–H groups in total. The number of ketones is 1. The van der Waals surface area contributed by atoms with E-state index in [9.17, 15) is 9.90 Å². The fourth-order valence-corrected chi connectivity index (χ4v) is 7.29. The molecule has 0 aromatic heterocycles. The Kier molecular flexibility index (Phi) is 5.28. The van der Waals surface area contributed by atoms with Gasteiger partial charge >= 0.3 is 0 Å². The summed E-state index contributed by atoms with van der Waals surface area (Å²) in [6.07, 6.45) is 8.55. The highest BCUT2D eigenvalue weighted by Gasteiger charge is 2.56. The number of hydrogen-bond acceptors (Lipinski definition) is 5. The van der Waals surface area contributed by atoms with Crippen molar-refractivity contribution in [2.45, 2.75) is 64.1 Å². The number of carbonyl (C=O) groups excluding carboxylic acids is 1. The van der Waals surface area contributed by atoms with E-state index in [0.29, 0.717) is 40.9 Å². The summed E-state index contributed by atoms with van der Waals surface area (Å²) >= 11 is 0. The first-order valence-electron chi connectivity index (χ1n) is 11.8. The molecule has 31 heavy (non-hydrogen) atoms. The summed E-state index contributed by atoms with van der Waals surface area (Å²) in [5.41, 5.74) is 1.42. The van der Waals surface area contributed by atoms with Gasteiger partial charge in [-0.3, -0.25) is 4.79 Å². The van der Waals surface area contributed by atoms with Crippen LogP contribution in [0.2, 0.25) is 0 Å². The molecule has 1 aromatic carbocycles. The first kappa shape index (κ1) is 20.9. The summed E-state index contributed by atoms with van der Waals surface area (Å²) < 4.78 is 16.9. The number of allylic oxidation sites excluding steroid dienone is 1. The molecule has 0 aliphatic heterocycles. The zero-order valence-electron chi connectivity index (χ0n) is 18.8. The van der Waals surface area contributed by atoms with Crippen LogP contribution in [0.25, 0.3) is 0 Å². The Morgan fingerprint density at radius 3 is 2.61 bits per heavy atom. The lowest BCUT2D eigenvalue weighted by molar-refractivity contribution is -0.124. The summed E-state index contributed by atoms with van der Waals surface area (Å²) in [7, 11) is 3.20. The molecule has 3 saturated carbocycles. The van der Waals surface area contributed by atoms with Gasteiger partial charge in [0.2, 0.25) is 0 Å². The number of methoxy groups -OCH3 is 2. The Balaban J connectivity index is 1.36. The van der Waals surface area contributed by atoms with Crippen molar-refractivity contribution >= 4 is 5.78 Å². The summed E-state index contributed by atoms with van der Waals surface area (Å²) in [5, 5.41) is 10.6. The quantitative estimate of drug-likeness (QED) is 0.764. The molecule has 4 aliphatic carbocycles. The van der Waals surface area contributed by atoms with E-state index in [1.807, 2.05) is 18.2 Å². The maximum Gasteiger partial charge on any atom is 0.196 e. The van der Waals surface area contributed by atoms with E-state index in [0.717, 1.165) is 44.9 Å². The number of carbonyl (C=O) groups is 1. The summed E-state index contributed by atoms with van der Waals surface area (Å²) in [4.78, 5) is 12.9. The van der Waals surface area contributed by atoms with Crippen molar-refractivity contribution < 1.29 is 24.1 Å². The van der Waals surface area contributed by atoms with Gasteiger partial charge in [-0.15, -0.1) is 0 Å². The van der Waals surface area contributed by atoms with Gasteiger partial charge in [0.05, 0.1) is 20.3 Å². The van der Waals surface area contributed by atoms with Gasteiger partial charge in [0.25, 0.3) is 0 Å². The van der Waals surface area contributed by atoms with Crippen molar-refractivity contribution in [3.63, 3.8) is 0 Å². The van der Waals surface area contributed by atoms with Gasteiger partial charge in [0.1, 0.15) is 5.75 Å². The summed E-state index contributed by atoms with van der Waals surface area (Å²) in [6.45, 7) is 2.31. The van der Waals surface area contributed by atoms with Gasteiger partial charge in [-0.25, -0.2) is 0 Å². The molecule has 0 bridgehead atoms. The molecule has 0 heterocycles. The summed E-state index contributed by atoms with van der Waals surface area (Å²) in [6, 6.07) is 5.44. The van der Waals surface area contributed by atoms with E-state index in [1.54, 1.807) is 20.3 Å². The number of aliphatic hydroxyl groups excluding tert-OH is 1. The van der Waals surface area contributed by atoms with Crippen LogP contribution in [-0.4, -0.2) is 37.3 Å². The van der Waals surface area contributed by atoms with Gasteiger partial charge in [-0.2, -0.15) is 0 Å². The molecule has 0 radical (unpaired) electrons. The highest BCUT2D eigenvalue weighted by Crippen LogP contribution is 2.61. The van der Waals surface area contributed by atoms with Crippen LogP contribution in [0.3, 0.4) is 0 Å². The van der Waals surface area contributed by atoms with Gasteiger partial charge in [-0.1, -0.05) is 12.5 Å². The molecular formula is C26H34O5. The van der Waals surface area contributed by atoms with Crippen LogP contribution in [0.1, 0.15) is 51.9 Å². The maximum atomic E-state index is 12.9. The summed E-state index contributed by atoms with van der Waals surface area (Å²) in [5.74, 6) is 4.26. The molecular weight excluding hydrogens is 392 g/mol. The van der Waals surface area contributed by atoms with Crippen LogP contribution in [0.4, 0.5) is 0 Å². The zero-order valence-corrected chi connectivity index (χ0v) is 18.8. The lowest BCUT2D eigenvalue weighted by atomic mass is 9.52. The topological polar surface area (TPSA) is 65.0 Å². The average Bonchev–Trinajstić information content (AvgIpc) is 3.08. The maximum absolute atomic E-state index is 12.9. The van der Waals surface area contributed by atoms with E-state index in [-0.39, 0.29) is 17.3 Å². The minimum atomic E-state index is -0.451. The van der Waals surface area contributed by atoms with Crippen molar-refractivity contribution in [1.82, 2.24) is 0 Å². The van der Waals surface area contributed by atoms with Gasteiger partial charge in [0, 0.05) is 6.07 Å². The molecule has 4 aliphatic rings. The molecule has 168 valence electrons. The Morgan fingerprint density at radius 1 is 1.03 bits per heavy atom. The van der Waals surface area contributed by atoms with E-state index in [4.69, 9.17) is 14.2 Å². The Hall–Kier alpha value is -2.01.